The molecular weight excluding hydrogens is 290 g/mol. The largest absolute Gasteiger partial charge is 0.453 e. The molecule has 4 N–H and O–H groups in total. The number of nitrogen functional groups attached to an aromatic ring is 1. The van der Waals surface area contributed by atoms with Crippen molar-refractivity contribution in [3.05, 3.63) is 41.7 Å². The zero-order valence-electron chi connectivity index (χ0n) is 11.8. The average molecular weight is 307 g/mol. The van der Waals surface area contributed by atoms with E-state index in [1.54, 1.807) is 6.07 Å². The summed E-state index contributed by atoms with van der Waals surface area (Å²) in [6, 6.07) is 7.69. The second-order valence-corrected chi connectivity index (χ2v) is 6.16. The highest BCUT2D eigenvalue weighted by Gasteiger charge is 2.13. The molecule has 1 aromatic heterocycles. The van der Waals surface area contributed by atoms with Crippen LogP contribution in [0.25, 0.3) is 0 Å². The smallest absolute Gasteiger partial charge is 0.238 e. The number of pyridine rings is 1. The van der Waals surface area contributed by atoms with Crippen LogP contribution in [0.5, 0.6) is 11.5 Å². The number of nitrogens with two attached hydrogens (primary N) is 2. The molecule has 0 saturated heterocycles. The average Bonchev–Trinajstić information content (AvgIpc) is 2.41. The van der Waals surface area contributed by atoms with Crippen LogP contribution in [0.1, 0.15) is 18.3 Å². The van der Waals surface area contributed by atoms with Gasteiger partial charge in [-0.1, -0.05) is 6.92 Å². The fraction of sp³-hybridized carbons (Fsp3) is 0.214. The van der Waals surface area contributed by atoms with Crippen LogP contribution < -0.4 is 15.6 Å². The Hall–Kier alpha value is -2.12. The van der Waals surface area contributed by atoms with Gasteiger partial charge >= 0.3 is 0 Å². The molecule has 1 aromatic carbocycles. The zero-order valence-corrected chi connectivity index (χ0v) is 12.6. The molecular formula is C14H17N3O3S. The van der Waals surface area contributed by atoms with E-state index < -0.39 is 10.0 Å². The second-order valence-electron chi connectivity index (χ2n) is 4.60. The van der Waals surface area contributed by atoms with E-state index in [0.717, 1.165) is 11.4 Å². The molecule has 0 bridgehead atoms. The van der Waals surface area contributed by atoms with E-state index in [-0.39, 0.29) is 10.6 Å². The Morgan fingerprint density at radius 1 is 1.19 bits per heavy atom. The molecule has 0 saturated carbocycles. The number of rotatable bonds is 4. The van der Waals surface area contributed by atoms with Crippen molar-refractivity contribution in [3.8, 4) is 11.5 Å². The lowest BCUT2D eigenvalue weighted by Crippen LogP contribution is -2.12. The topological polar surface area (TPSA) is 108 Å². The first-order valence-electron chi connectivity index (χ1n) is 6.38. The number of hydrogen-bond donors (Lipinski definition) is 2. The van der Waals surface area contributed by atoms with E-state index in [1.165, 1.54) is 18.2 Å². The molecule has 0 spiro atoms. The molecule has 0 amide bonds. The molecule has 0 fully saturated rings. The second kappa shape index (κ2) is 5.71. The summed E-state index contributed by atoms with van der Waals surface area (Å²) in [5.41, 5.74) is 7.80. The van der Waals surface area contributed by atoms with Crippen molar-refractivity contribution in [3.63, 3.8) is 0 Å². The summed E-state index contributed by atoms with van der Waals surface area (Å²) in [6.07, 6.45) is 0.686. The number of primary sulfonamides is 1. The summed E-state index contributed by atoms with van der Waals surface area (Å²) in [4.78, 5) is 4.33. The van der Waals surface area contributed by atoms with Crippen LogP contribution in [0.15, 0.2) is 35.2 Å². The Morgan fingerprint density at radius 2 is 1.90 bits per heavy atom. The van der Waals surface area contributed by atoms with Gasteiger partial charge in [0.25, 0.3) is 0 Å². The third kappa shape index (κ3) is 3.50. The molecule has 1 heterocycles. The van der Waals surface area contributed by atoms with Crippen LogP contribution in [-0.4, -0.2) is 13.4 Å². The van der Waals surface area contributed by atoms with Crippen molar-refractivity contribution in [2.24, 2.45) is 5.14 Å². The van der Waals surface area contributed by atoms with Crippen LogP contribution in [-0.2, 0) is 16.4 Å². The normalized spacial score (nSPS) is 11.4. The summed E-state index contributed by atoms with van der Waals surface area (Å²) in [5.74, 6) is 0.781. The number of aryl methyl sites for hydroxylation is 2. The van der Waals surface area contributed by atoms with Gasteiger partial charge in [-0.3, -0.25) is 4.98 Å². The molecule has 6 nitrogen and oxygen atoms in total. The fourth-order valence-electron chi connectivity index (χ4n) is 1.84. The summed E-state index contributed by atoms with van der Waals surface area (Å²) in [5, 5.41) is 5.11. The lowest BCUT2D eigenvalue weighted by atomic mass is 10.2. The van der Waals surface area contributed by atoms with E-state index in [0.29, 0.717) is 17.9 Å². The molecule has 0 unspecified atom stereocenters. The number of benzene rings is 1. The summed E-state index contributed by atoms with van der Waals surface area (Å²) in [6.45, 7) is 3.84. The SMILES string of the molecule is CCc1nc(C)ccc1Oc1cc(S(N)(=O)=O)ccc1N. The van der Waals surface area contributed by atoms with Gasteiger partial charge in [-0.25, -0.2) is 13.6 Å². The molecule has 21 heavy (non-hydrogen) atoms. The van der Waals surface area contributed by atoms with Gasteiger partial charge in [0.1, 0.15) is 5.75 Å². The van der Waals surface area contributed by atoms with Crippen molar-refractivity contribution >= 4 is 15.7 Å². The first-order valence-corrected chi connectivity index (χ1v) is 7.92. The van der Waals surface area contributed by atoms with Gasteiger partial charge in [-0.2, -0.15) is 0 Å². The minimum atomic E-state index is -3.81. The molecule has 0 aliphatic carbocycles. The Labute approximate surface area is 123 Å². The molecule has 2 aromatic rings. The molecule has 0 atom stereocenters. The van der Waals surface area contributed by atoms with E-state index >= 15 is 0 Å². The summed E-state index contributed by atoms with van der Waals surface area (Å²) in [7, 11) is -3.81. The van der Waals surface area contributed by atoms with Gasteiger partial charge in [0.2, 0.25) is 10.0 Å². The van der Waals surface area contributed by atoms with Crippen LogP contribution >= 0.6 is 0 Å². The molecule has 0 aliphatic rings. The number of aromatic nitrogens is 1. The standard InChI is InChI=1S/C14H17N3O3S/c1-3-12-13(7-4-9(2)17-12)20-14-8-10(21(16,18)19)5-6-11(14)15/h4-8H,3,15H2,1-2H3,(H2,16,18,19). The molecule has 0 aliphatic heterocycles. The van der Waals surface area contributed by atoms with Gasteiger partial charge < -0.3 is 10.5 Å². The van der Waals surface area contributed by atoms with Gasteiger partial charge in [0.05, 0.1) is 16.3 Å². The monoisotopic (exact) mass is 307 g/mol. The summed E-state index contributed by atoms with van der Waals surface area (Å²) < 4.78 is 28.5. The number of anilines is 1. The Balaban J connectivity index is 2.44. The highest BCUT2D eigenvalue weighted by molar-refractivity contribution is 7.89. The van der Waals surface area contributed by atoms with Gasteiger partial charge in [0, 0.05) is 11.8 Å². The van der Waals surface area contributed by atoms with E-state index in [9.17, 15) is 8.42 Å². The molecule has 0 radical (unpaired) electrons. The zero-order chi connectivity index (χ0) is 15.6. The lowest BCUT2D eigenvalue weighted by molar-refractivity contribution is 0.473. The molecule has 2 rings (SSSR count). The van der Waals surface area contributed by atoms with Gasteiger partial charge in [-0.15, -0.1) is 0 Å². The first kappa shape index (κ1) is 15.3. The predicted molar refractivity (Wildman–Crippen MR) is 80.7 cm³/mol. The van der Waals surface area contributed by atoms with Gasteiger partial charge in [-0.05, 0) is 37.6 Å². The maximum absolute atomic E-state index is 11.4. The van der Waals surface area contributed by atoms with Crippen molar-refractivity contribution < 1.29 is 13.2 Å². The predicted octanol–water partition coefficient (Wildman–Crippen LogP) is 1.97. The lowest BCUT2D eigenvalue weighted by Gasteiger charge is -2.12. The van der Waals surface area contributed by atoms with Crippen LogP contribution in [0, 0.1) is 6.92 Å². The number of hydrogen-bond acceptors (Lipinski definition) is 5. The van der Waals surface area contributed by atoms with Crippen molar-refractivity contribution in [2.75, 3.05) is 5.73 Å². The molecule has 7 heteroatoms. The number of sulfonamides is 1. The van der Waals surface area contributed by atoms with Crippen molar-refractivity contribution in [1.82, 2.24) is 4.98 Å². The third-order valence-electron chi connectivity index (χ3n) is 2.94. The maximum Gasteiger partial charge on any atom is 0.238 e. The first-order chi connectivity index (χ1) is 9.81. The van der Waals surface area contributed by atoms with E-state index in [2.05, 4.69) is 4.98 Å². The van der Waals surface area contributed by atoms with Crippen LogP contribution in [0.4, 0.5) is 5.69 Å². The molecule has 112 valence electrons. The number of nitrogens with zero attached hydrogens (tertiary/aromatic N) is 1. The van der Waals surface area contributed by atoms with Gasteiger partial charge in [0.15, 0.2) is 5.75 Å². The fourth-order valence-corrected chi connectivity index (χ4v) is 2.37. The minimum Gasteiger partial charge on any atom is -0.453 e. The minimum absolute atomic E-state index is 0.0511. The van der Waals surface area contributed by atoms with Crippen LogP contribution in [0.3, 0.4) is 0 Å². The van der Waals surface area contributed by atoms with E-state index in [4.69, 9.17) is 15.6 Å². The van der Waals surface area contributed by atoms with Crippen LogP contribution in [0.2, 0.25) is 0 Å². The highest BCUT2D eigenvalue weighted by atomic mass is 32.2. The van der Waals surface area contributed by atoms with Crippen molar-refractivity contribution in [2.45, 2.75) is 25.2 Å². The Bertz CT molecular complexity index is 773. The highest BCUT2D eigenvalue weighted by Crippen LogP contribution is 2.31. The maximum atomic E-state index is 11.4. The number of ether oxygens (including phenoxy) is 1. The Kier molecular flexibility index (Phi) is 4.15. The van der Waals surface area contributed by atoms with E-state index in [1.807, 2.05) is 19.9 Å². The quantitative estimate of drug-likeness (QED) is 0.839. The third-order valence-corrected chi connectivity index (χ3v) is 3.85. The van der Waals surface area contributed by atoms with Crippen molar-refractivity contribution in [1.29, 1.82) is 0 Å². The Morgan fingerprint density at radius 3 is 2.52 bits per heavy atom. The summed E-state index contributed by atoms with van der Waals surface area (Å²) >= 11 is 0.